The number of carbonyl (C=O) groups excluding carboxylic acids is 1. The SMILES string of the molecule is CCOCC(C)NC(=O)c1nc[nH]c1C(=O)O. The maximum Gasteiger partial charge on any atom is 0.354 e. The van der Waals surface area contributed by atoms with Gasteiger partial charge in [-0.25, -0.2) is 9.78 Å². The molecule has 0 fully saturated rings. The molecule has 7 nitrogen and oxygen atoms in total. The molecule has 0 bridgehead atoms. The van der Waals surface area contributed by atoms with Crippen molar-refractivity contribution in [2.75, 3.05) is 13.2 Å². The van der Waals surface area contributed by atoms with E-state index < -0.39 is 11.9 Å². The Bertz CT molecular complexity index is 402. The Labute approximate surface area is 98.2 Å². The van der Waals surface area contributed by atoms with Crippen molar-refractivity contribution in [2.24, 2.45) is 0 Å². The van der Waals surface area contributed by atoms with Gasteiger partial charge >= 0.3 is 5.97 Å². The molecular formula is C10H15N3O4. The Balaban J connectivity index is 2.63. The summed E-state index contributed by atoms with van der Waals surface area (Å²) < 4.78 is 5.13. The van der Waals surface area contributed by atoms with Gasteiger partial charge in [-0.05, 0) is 13.8 Å². The van der Waals surface area contributed by atoms with E-state index >= 15 is 0 Å². The number of ether oxygens (including phenoxy) is 1. The molecular weight excluding hydrogens is 226 g/mol. The van der Waals surface area contributed by atoms with Gasteiger partial charge in [0, 0.05) is 12.6 Å². The van der Waals surface area contributed by atoms with E-state index in [1.165, 1.54) is 6.33 Å². The molecule has 0 aliphatic rings. The number of aromatic amines is 1. The van der Waals surface area contributed by atoms with Crippen molar-refractivity contribution in [1.82, 2.24) is 15.3 Å². The number of hydrogen-bond acceptors (Lipinski definition) is 4. The minimum Gasteiger partial charge on any atom is -0.477 e. The fraction of sp³-hybridized carbons (Fsp3) is 0.500. The molecule has 1 unspecified atom stereocenters. The quantitative estimate of drug-likeness (QED) is 0.662. The van der Waals surface area contributed by atoms with Crippen LogP contribution >= 0.6 is 0 Å². The third-order valence-corrected chi connectivity index (χ3v) is 2.02. The molecule has 1 amide bonds. The minimum absolute atomic E-state index is 0.124. The van der Waals surface area contributed by atoms with Crippen LogP contribution in [0, 0.1) is 0 Å². The second-order valence-corrected chi connectivity index (χ2v) is 3.47. The van der Waals surface area contributed by atoms with Crippen LogP contribution in [0.5, 0.6) is 0 Å². The Kier molecular flexibility index (Phi) is 4.65. The van der Waals surface area contributed by atoms with E-state index in [1.807, 2.05) is 6.92 Å². The number of amides is 1. The van der Waals surface area contributed by atoms with Crippen LogP contribution < -0.4 is 5.32 Å². The lowest BCUT2D eigenvalue weighted by molar-refractivity contribution is 0.0683. The number of carboxylic acid groups (broad SMARTS) is 1. The van der Waals surface area contributed by atoms with E-state index in [0.717, 1.165) is 0 Å². The largest absolute Gasteiger partial charge is 0.477 e. The first kappa shape index (κ1) is 13.2. The molecule has 1 aromatic heterocycles. The number of carbonyl (C=O) groups is 2. The monoisotopic (exact) mass is 241 g/mol. The van der Waals surface area contributed by atoms with Crippen LogP contribution in [0.4, 0.5) is 0 Å². The zero-order chi connectivity index (χ0) is 12.8. The van der Waals surface area contributed by atoms with Crippen molar-refractivity contribution in [3.8, 4) is 0 Å². The third-order valence-electron chi connectivity index (χ3n) is 2.02. The molecule has 94 valence electrons. The van der Waals surface area contributed by atoms with Crippen LogP contribution in [0.2, 0.25) is 0 Å². The van der Waals surface area contributed by atoms with Gasteiger partial charge in [-0.15, -0.1) is 0 Å². The highest BCUT2D eigenvalue weighted by Gasteiger charge is 2.20. The summed E-state index contributed by atoms with van der Waals surface area (Å²) in [6.45, 7) is 4.55. The van der Waals surface area contributed by atoms with Gasteiger partial charge in [0.2, 0.25) is 0 Å². The number of hydrogen-bond donors (Lipinski definition) is 3. The van der Waals surface area contributed by atoms with Crippen LogP contribution in [-0.4, -0.2) is 46.2 Å². The lowest BCUT2D eigenvalue weighted by atomic mass is 10.2. The highest BCUT2D eigenvalue weighted by Crippen LogP contribution is 2.03. The lowest BCUT2D eigenvalue weighted by Gasteiger charge is -2.12. The molecule has 0 aromatic carbocycles. The molecule has 0 aliphatic carbocycles. The first-order valence-corrected chi connectivity index (χ1v) is 5.21. The summed E-state index contributed by atoms with van der Waals surface area (Å²) in [6.07, 6.45) is 1.17. The summed E-state index contributed by atoms with van der Waals surface area (Å²) >= 11 is 0. The van der Waals surface area contributed by atoms with E-state index in [-0.39, 0.29) is 17.4 Å². The van der Waals surface area contributed by atoms with E-state index in [4.69, 9.17) is 9.84 Å². The second-order valence-electron chi connectivity index (χ2n) is 3.47. The standard InChI is InChI=1S/C10H15N3O4/c1-3-17-4-6(2)13-9(14)7-8(10(15)16)12-5-11-7/h5-6H,3-4H2,1-2H3,(H,11,12)(H,13,14)(H,15,16). The zero-order valence-corrected chi connectivity index (χ0v) is 9.69. The van der Waals surface area contributed by atoms with E-state index in [2.05, 4.69) is 15.3 Å². The topological polar surface area (TPSA) is 104 Å². The Morgan fingerprint density at radius 3 is 2.94 bits per heavy atom. The molecule has 1 aromatic rings. The van der Waals surface area contributed by atoms with Crippen molar-refractivity contribution >= 4 is 11.9 Å². The maximum atomic E-state index is 11.7. The number of carboxylic acids is 1. The molecule has 3 N–H and O–H groups in total. The molecule has 0 aliphatic heterocycles. The van der Waals surface area contributed by atoms with Crippen LogP contribution in [-0.2, 0) is 4.74 Å². The van der Waals surface area contributed by atoms with Crippen molar-refractivity contribution in [2.45, 2.75) is 19.9 Å². The predicted octanol–water partition coefficient (Wildman–Crippen LogP) is 0.263. The molecule has 1 heterocycles. The van der Waals surface area contributed by atoms with Crippen molar-refractivity contribution in [1.29, 1.82) is 0 Å². The van der Waals surface area contributed by atoms with Gasteiger partial charge in [0.1, 0.15) is 0 Å². The average molecular weight is 241 g/mol. The molecule has 0 spiro atoms. The van der Waals surface area contributed by atoms with Crippen LogP contribution in [0.25, 0.3) is 0 Å². The lowest BCUT2D eigenvalue weighted by Crippen LogP contribution is -2.36. The van der Waals surface area contributed by atoms with Crippen LogP contribution in [0.3, 0.4) is 0 Å². The number of rotatable bonds is 6. The van der Waals surface area contributed by atoms with Crippen molar-refractivity contribution in [3.05, 3.63) is 17.7 Å². The zero-order valence-electron chi connectivity index (χ0n) is 9.69. The van der Waals surface area contributed by atoms with Crippen LogP contribution in [0.1, 0.15) is 34.8 Å². The second kappa shape index (κ2) is 6.00. The van der Waals surface area contributed by atoms with Crippen molar-refractivity contribution < 1.29 is 19.4 Å². The Hall–Kier alpha value is -1.89. The normalized spacial score (nSPS) is 12.1. The molecule has 1 atom stereocenters. The summed E-state index contributed by atoms with van der Waals surface area (Å²) in [5.74, 6) is -1.75. The Morgan fingerprint density at radius 1 is 1.65 bits per heavy atom. The van der Waals surface area contributed by atoms with Crippen molar-refractivity contribution in [3.63, 3.8) is 0 Å². The molecule has 7 heteroatoms. The molecule has 17 heavy (non-hydrogen) atoms. The number of H-pyrrole nitrogens is 1. The molecule has 0 radical (unpaired) electrons. The van der Waals surface area contributed by atoms with Gasteiger partial charge in [0.05, 0.1) is 12.9 Å². The van der Waals surface area contributed by atoms with Crippen LogP contribution in [0.15, 0.2) is 6.33 Å². The van der Waals surface area contributed by atoms with Gasteiger partial charge in [0.15, 0.2) is 11.4 Å². The Morgan fingerprint density at radius 2 is 2.35 bits per heavy atom. The molecule has 1 rings (SSSR count). The predicted molar refractivity (Wildman–Crippen MR) is 59.0 cm³/mol. The number of aromatic nitrogens is 2. The number of aromatic carboxylic acids is 1. The van der Waals surface area contributed by atoms with Gasteiger partial charge < -0.3 is 20.1 Å². The summed E-state index contributed by atoms with van der Waals surface area (Å²) in [7, 11) is 0. The van der Waals surface area contributed by atoms with E-state index in [9.17, 15) is 9.59 Å². The fourth-order valence-electron chi connectivity index (χ4n) is 1.26. The highest BCUT2D eigenvalue weighted by molar-refractivity contribution is 6.02. The maximum absolute atomic E-state index is 11.7. The summed E-state index contributed by atoms with van der Waals surface area (Å²) in [4.78, 5) is 28.5. The third kappa shape index (κ3) is 3.56. The number of imidazole rings is 1. The molecule has 0 saturated carbocycles. The average Bonchev–Trinajstić information content (AvgIpc) is 2.75. The minimum atomic E-state index is -1.22. The van der Waals surface area contributed by atoms with E-state index in [1.54, 1.807) is 6.92 Å². The van der Waals surface area contributed by atoms with Gasteiger partial charge in [0.25, 0.3) is 5.91 Å². The van der Waals surface area contributed by atoms with E-state index in [0.29, 0.717) is 13.2 Å². The highest BCUT2D eigenvalue weighted by atomic mass is 16.5. The first-order valence-electron chi connectivity index (χ1n) is 5.21. The summed E-state index contributed by atoms with van der Waals surface area (Å²) in [5.41, 5.74) is -0.341. The van der Waals surface area contributed by atoms with Gasteiger partial charge in [-0.1, -0.05) is 0 Å². The van der Waals surface area contributed by atoms with Gasteiger partial charge in [-0.3, -0.25) is 4.79 Å². The number of nitrogens with one attached hydrogen (secondary N) is 2. The number of nitrogens with zero attached hydrogens (tertiary/aromatic N) is 1. The first-order chi connectivity index (χ1) is 8.06. The smallest absolute Gasteiger partial charge is 0.354 e. The summed E-state index contributed by atoms with van der Waals surface area (Å²) in [5, 5.41) is 11.4. The molecule has 0 saturated heterocycles. The summed E-state index contributed by atoms with van der Waals surface area (Å²) in [6, 6.07) is -0.208. The fourth-order valence-corrected chi connectivity index (χ4v) is 1.26. The van der Waals surface area contributed by atoms with Gasteiger partial charge in [-0.2, -0.15) is 0 Å².